The number of oxazole rings is 1. The number of hydrogen-bond acceptors (Lipinski definition) is 5. The Labute approximate surface area is 223 Å². The smallest absolute Gasteiger partial charge is 0.417 e. The molecule has 2 aromatic heterocycles. The van der Waals surface area contributed by atoms with E-state index in [0.29, 0.717) is 28.8 Å². The van der Waals surface area contributed by atoms with E-state index in [1.54, 1.807) is 42.5 Å². The normalized spacial score (nSPS) is 15.3. The molecule has 1 aliphatic heterocycles. The number of nitrogens with one attached hydrogen (secondary N) is 2. The highest BCUT2D eigenvalue weighted by Gasteiger charge is 2.46. The second kappa shape index (κ2) is 9.05. The van der Waals surface area contributed by atoms with Crippen molar-refractivity contribution in [3.8, 4) is 22.8 Å². The molecule has 0 fully saturated rings. The molecule has 2 N–H and O–H groups in total. The first-order valence-electron chi connectivity index (χ1n) is 11.7. The van der Waals surface area contributed by atoms with Gasteiger partial charge in [0.05, 0.1) is 18.1 Å². The predicted octanol–water partition coefficient (Wildman–Crippen LogP) is 6.30. The molecular formula is C27H18ClF3N4O4. The van der Waals surface area contributed by atoms with E-state index in [-0.39, 0.29) is 33.8 Å². The van der Waals surface area contributed by atoms with E-state index in [1.165, 1.54) is 12.1 Å². The van der Waals surface area contributed by atoms with Crippen LogP contribution in [-0.4, -0.2) is 38.5 Å². The van der Waals surface area contributed by atoms with Crippen LogP contribution >= 0.6 is 11.6 Å². The van der Waals surface area contributed by atoms with Crippen molar-refractivity contribution in [1.82, 2.24) is 20.1 Å². The number of halogens is 4. The van der Waals surface area contributed by atoms with Gasteiger partial charge in [0.15, 0.2) is 5.58 Å². The Morgan fingerprint density at radius 2 is 1.85 bits per heavy atom. The van der Waals surface area contributed by atoms with Crippen LogP contribution in [0.1, 0.15) is 34.6 Å². The first kappa shape index (κ1) is 24.8. The Kier molecular flexibility index (Phi) is 5.76. The van der Waals surface area contributed by atoms with Crippen molar-refractivity contribution in [2.75, 3.05) is 6.54 Å². The van der Waals surface area contributed by atoms with Crippen molar-refractivity contribution >= 4 is 28.6 Å². The average Bonchev–Trinajstić information content (AvgIpc) is 3.54. The van der Waals surface area contributed by atoms with E-state index >= 15 is 4.39 Å². The second-order valence-corrected chi connectivity index (χ2v) is 9.64. The Morgan fingerprint density at radius 1 is 1.10 bits per heavy atom. The number of benzene rings is 3. The van der Waals surface area contributed by atoms with Crippen LogP contribution in [-0.2, 0) is 0 Å². The van der Waals surface area contributed by atoms with Gasteiger partial charge in [-0.2, -0.15) is 5.10 Å². The van der Waals surface area contributed by atoms with E-state index in [4.69, 9.17) is 20.8 Å². The largest absolute Gasteiger partial charge is 0.457 e. The molecule has 0 aliphatic carbocycles. The quantitative estimate of drug-likeness (QED) is 0.256. The Bertz CT molecular complexity index is 1790. The summed E-state index contributed by atoms with van der Waals surface area (Å²) in [4.78, 5) is 28.6. The van der Waals surface area contributed by atoms with Crippen LogP contribution in [0, 0.1) is 5.82 Å². The fourth-order valence-corrected chi connectivity index (χ4v) is 4.91. The molecule has 6 rings (SSSR count). The molecule has 12 heteroatoms. The molecule has 1 atom stereocenters. The first-order chi connectivity index (χ1) is 18.6. The van der Waals surface area contributed by atoms with Gasteiger partial charge < -0.3 is 14.1 Å². The van der Waals surface area contributed by atoms with Crippen molar-refractivity contribution < 1.29 is 27.1 Å². The van der Waals surface area contributed by atoms with Gasteiger partial charge in [-0.25, -0.2) is 18.0 Å². The highest BCUT2D eigenvalue weighted by atomic mass is 35.5. The van der Waals surface area contributed by atoms with Crippen LogP contribution in [0.3, 0.4) is 0 Å². The fourth-order valence-electron chi connectivity index (χ4n) is 4.78. The maximum Gasteiger partial charge on any atom is 0.417 e. The number of hydrogen-bond donors (Lipinski definition) is 2. The minimum absolute atomic E-state index is 0.0415. The highest BCUT2D eigenvalue weighted by Crippen LogP contribution is 2.45. The van der Waals surface area contributed by atoms with Crippen molar-refractivity contribution in [3.63, 3.8) is 0 Å². The van der Waals surface area contributed by atoms with Crippen molar-refractivity contribution in [2.24, 2.45) is 0 Å². The van der Waals surface area contributed by atoms with Gasteiger partial charge in [0.1, 0.15) is 28.7 Å². The monoisotopic (exact) mass is 554 g/mol. The molecule has 0 saturated carbocycles. The van der Waals surface area contributed by atoms with Gasteiger partial charge in [-0.15, -0.1) is 0 Å². The zero-order valence-corrected chi connectivity index (χ0v) is 20.9. The van der Waals surface area contributed by atoms with Crippen LogP contribution < -0.4 is 10.5 Å². The van der Waals surface area contributed by atoms with Gasteiger partial charge in [-0.1, -0.05) is 17.7 Å². The first-order valence-corrected chi connectivity index (χ1v) is 12.1. The molecule has 0 bridgehead atoms. The van der Waals surface area contributed by atoms with Crippen LogP contribution in [0.15, 0.2) is 69.9 Å². The zero-order valence-electron chi connectivity index (χ0n) is 20.1. The number of para-hydroxylation sites is 1. The summed E-state index contributed by atoms with van der Waals surface area (Å²) in [5.41, 5.74) is 1.12. The lowest BCUT2D eigenvalue weighted by atomic mass is 9.95. The Morgan fingerprint density at radius 3 is 2.56 bits per heavy atom. The third-order valence-electron chi connectivity index (χ3n) is 6.33. The van der Waals surface area contributed by atoms with E-state index in [1.807, 2.05) is 0 Å². The van der Waals surface area contributed by atoms with Gasteiger partial charge in [-0.3, -0.25) is 14.9 Å². The van der Waals surface area contributed by atoms with E-state index in [9.17, 15) is 18.4 Å². The molecule has 39 heavy (non-hydrogen) atoms. The van der Waals surface area contributed by atoms with Crippen molar-refractivity contribution in [3.05, 3.63) is 98.9 Å². The summed E-state index contributed by atoms with van der Waals surface area (Å²) >= 11 is 5.89. The second-order valence-electron chi connectivity index (χ2n) is 9.20. The van der Waals surface area contributed by atoms with Gasteiger partial charge in [0.2, 0.25) is 0 Å². The summed E-state index contributed by atoms with van der Waals surface area (Å²) in [5, 5.41) is 7.36. The summed E-state index contributed by atoms with van der Waals surface area (Å²) in [6.07, 6.45) is 0. The van der Waals surface area contributed by atoms with E-state index < -0.39 is 36.0 Å². The van der Waals surface area contributed by atoms with Gasteiger partial charge >= 0.3 is 5.76 Å². The Balaban J connectivity index is 1.48. The van der Waals surface area contributed by atoms with Crippen LogP contribution in [0.25, 0.3) is 22.4 Å². The number of alkyl halides is 2. The SMILES string of the molecule is CC(F)(F)CN1C(=O)c2[nH]nc(-c3cccc4[nH]c(=O)oc34)c2C1c1ccc(Oc2ccc(Cl)cc2)cc1F. The average molecular weight is 555 g/mol. The molecule has 8 nitrogen and oxygen atoms in total. The number of aromatic amines is 2. The number of nitrogens with zero attached hydrogens (tertiary/aromatic N) is 2. The summed E-state index contributed by atoms with van der Waals surface area (Å²) in [7, 11) is 0. The topological polar surface area (TPSA) is 104 Å². The third-order valence-corrected chi connectivity index (χ3v) is 6.58. The Hall–Kier alpha value is -4.51. The summed E-state index contributed by atoms with van der Waals surface area (Å²) in [6.45, 7) is -0.290. The number of rotatable bonds is 6. The number of carbonyl (C=O) groups excluding carboxylic acids is 1. The van der Waals surface area contributed by atoms with Crippen LogP contribution in [0.2, 0.25) is 5.02 Å². The number of carbonyl (C=O) groups is 1. The molecular weight excluding hydrogens is 537 g/mol. The number of ether oxygens (including phenoxy) is 1. The molecule has 1 aliphatic rings. The molecule has 0 saturated heterocycles. The van der Waals surface area contributed by atoms with Gasteiger partial charge in [0, 0.05) is 34.7 Å². The molecule has 0 radical (unpaired) electrons. The molecule has 1 amide bonds. The summed E-state index contributed by atoms with van der Waals surface area (Å²) < 4.78 is 55.1. The molecule has 3 heterocycles. The molecule has 5 aromatic rings. The molecule has 0 spiro atoms. The molecule has 3 aromatic carbocycles. The lowest BCUT2D eigenvalue weighted by Crippen LogP contribution is -2.38. The van der Waals surface area contributed by atoms with Crippen molar-refractivity contribution in [1.29, 1.82) is 0 Å². The maximum absolute atomic E-state index is 15.7. The zero-order chi connectivity index (χ0) is 27.5. The standard InChI is InChI=1S/C27H18ClF3N4O4/c1-27(30,31)12-35-23(16-10-9-15(11-18(16)29)38-14-7-5-13(28)6-8-14)20-21(33-34-22(20)25(35)36)17-3-2-4-19-24(17)39-26(37)32-19/h2-11,23H,12H2,1H3,(H,32,37)(H,33,34). The third kappa shape index (κ3) is 4.44. The highest BCUT2D eigenvalue weighted by molar-refractivity contribution is 6.30. The summed E-state index contributed by atoms with van der Waals surface area (Å²) in [5.74, 6) is -4.95. The minimum atomic E-state index is -3.27. The minimum Gasteiger partial charge on any atom is -0.457 e. The fraction of sp³-hybridized carbons (Fsp3) is 0.148. The van der Waals surface area contributed by atoms with Crippen molar-refractivity contribution in [2.45, 2.75) is 18.9 Å². The predicted molar refractivity (Wildman–Crippen MR) is 136 cm³/mol. The van der Waals surface area contributed by atoms with Gasteiger partial charge in [-0.05, 0) is 48.5 Å². The lowest BCUT2D eigenvalue weighted by molar-refractivity contribution is -0.0150. The van der Waals surface area contributed by atoms with Crippen LogP contribution in [0.5, 0.6) is 11.5 Å². The lowest BCUT2D eigenvalue weighted by Gasteiger charge is -2.29. The van der Waals surface area contributed by atoms with Gasteiger partial charge in [0.25, 0.3) is 11.8 Å². The number of fused-ring (bicyclic) bond motifs is 2. The number of aromatic nitrogens is 3. The van der Waals surface area contributed by atoms with E-state index in [0.717, 1.165) is 11.0 Å². The van der Waals surface area contributed by atoms with E-state index in [2.05, 4.69) is 15.2 Å². The van der Waals surface area contributed by atoms with Crippen LogP contribution in [0.4, 0.5) is 13.2 Å². The number of H-pyrrole nitrogens is 2. The molecule has 1 unspecified atom stereocenters. The molecule has 198 valence electrons. The summed E-state index contributed by atoms with van der Waals surface area (Å²) in [6, 6.07) is 14.0. The maximum atomic E-state index is 15.7. The number of amides is 1.